The number of esters is 1. The molecule has 18 heavy (non-hydrogen) atoms. The van der Waals surface area contributed by atoms with Crippen LogP contribution in [0.4, 0.5) is 0 Å². The van der Waals surface area contributed by atoms with Gasteiger partial charge in [0.05, 0.1) is 12.2 Å². The number of carbonyl (C=O) groups is 2. The normalized spacial score (nSPS) is 12.0. The second-order valence-electron chi connectivity index (χ2n) is 3.62. The van der Waals surface area contributed by atoms with Crippen molar-refractivity contribution in [2.24, 2.45) is 0 Å². The minimum Gasteiger partial charge on any atom is -0.462 e. The highest BCUT2D eigenvalue weighted by molar-refractivity contribution is 7.98. The van der Waals surface area contributed by atoms with E-state index in [4.69, 9.17) is 16.3 Å². The Hall–Kier alpha value is -1.00. The number of rotatable bonds is 5. The molecule has 0 aliphatic heterocycles. The van der Waals surface area contributed by atoms with Crippen molar-refractivity contribution in [1.29, 1.82) is 0 Å². The standard InChI is InChI=1S/C13H15ClO3S/c1-4-17-13(16)10-7-5-6-9(12(10)18-3)11(14)8(2)15/h5-7,11H,4H2,1-3H3. The first-order chi connectivity index (χ1) is 8.52. The number of halogens is 1. The maximum atomic E-state index is 11.8. The molecule has 0 amide bonds. The van der Waals surface area contributed by atoms with Gasteiger partial charge in [0.1, 0.15) is 5.38 Å². The first kappa shape index (κ1) is 15.1. The summed E-state index contributed by atoms with van der Waals surface area (Å²) in [6.45, 7) is 3.49. The van der Waals surface area contributed by atoms with Gasteiger partial charge in [0.15, 0.2) is 5.78 Å². The third-order valence-electron chi connectivity index (χ3n) is 2.37. The van der Waals surface area contributed by atoms with Gasteiger partial charge < -0.3 is 4.74 Å². The molecule has 0 heterocycles. The smallest absolute Gasteiger partial charge is 0.339 e. The Morgan fingerprint density at radius 3 is 2.61 bits per heavy atom. The summed E-state index contributed by atoms with van der Waals surface area (Å²) in [6.07, 6.45) is 1.84. The van der Waals surface area contributed by atoms with Crippen LogP contribution in [0.2, 0.25) is 0 Å². The van der Waals surface area contributed by atoms with Gasteiger partial charge in [0.25, 0.3) is 0 Å². The lowest BCUT2D eigenvalue weighted by atomic mass is 10.1. The van der Waals surface area contributed by atoms with Crippen LogP contribution in [0.3, 0.4) is 0 Å². The number of hydrogen-bond acceptors (Lipinski definition) is 4. The first-order valence-corrected chi connectivity index (χ1v) is 7.17. The fourth-order valence-corrected chi connectivity index (χ4v) is 2.61. The van der Waals surface area contributed by atoms with Gasteiger partial charge in [0.2, 0.25) is 0 Å². The van der Waals surface area contributed by atoms with E-state index >= 15 is 0 Å². The van der Waals surface area contributed by atoms with Crippen LogP contribution < -0.4 is 0 Å². The fraction of sp³-hybridized carbons (Fsp3) is 0.385. The molecule has 3 nitrogen and oxygen atoms in total. The van der Waals surface area contributed by atoms with Crippen molar-refractivity contribution in [2.45, 2.75) is 24.1 Å². The fourth-order valence-electron chi connectivity index (χ4n) is 1.57. The summed E-state index contributed by atoms with van der Waals surface area (Å²) in [5.74, 6) is -0.538. The van der Waals surface area contributed by atoms with Gasteiger partial charge >= 0.3 is 5.97 Å². The summed E-state index contributed by atoms with van der Waals surface area (Å²) < 4.78 is 4.99. The van der Waals surface area contributed by atoms with Crippen molar-refractivity contribution in [3.05, 3.63) is 29.3 Å². The molecule has 0 aliphatic rings. The van der Waals surface area contributed by atoms with Gasteiger partial charge in [-0.05, 0) is 31.7 Å². The topological polar surface area (TPSA) is 43.4 Å². The molecule has 1 unspecified atom stereocenters. The van der Waals surface area contributed by atoms with Crippen molar-refractivity contribution in [3.63, 3.8) is 0 Å². The van der Waals surface area contributed by atoms with Gasteiger partial charge in [-0.25, -0.2) is 4.79 Å². The maximum absolute atomic E-state index is 11.8. The van der Waals surface area contributed by atoms with Gasteiger partial charge in [-0.3, -0.25) is 4.79 Å². The van der Waals surface area contributed by atoms with Crippen molar-refractivity contribution < 1.29 is 14.3 Å². The Morgan fingerprint density at radius 2 is 2.11 bits per heavy atom. The Morgan fingerprint density at radius 1 is 1.44 bits per heavy atom. The summed E-state index contributed by atoms with van der Waals surface area (Å²) in [7, 11) is 0. The molecule has 5 heteroatoms. The van der Waals surface area contributed by atoms with Gasteiger partial charge in [0, 0.05) is 4.90 Å². The largest absolute Gasteiger partial charge is 0.462 e. The van der Waals surface area contributed by atoms with Crippen LogP contribution in [0.25, 0.3) is 0 Å². The summed E-state index contributed by atoms with van der Waals surface area (Å²) in [5.41, 5.74) is 1.11. The lowest BCUT2D eigenvalue weighted by Gasteiger charge is -2.14. The maximum Gasteiger partial charge on any atom is 0.339 e. The van der Waals surface area contributed by atoms with Crippen molar-refractivity contribution in [1.82, 2.24) is 0 Å². The Bertz CT molecular complexity index is 460. The number of hydrogen-bond donors (Lipinski definition) is 0. The Kier molecular flexibility index (Phi) is 5.69. The molecule has 1 aromatic rings. The lowest BCUT2D eigenvalue weighted by molar-refractivity contribution is -0.116. The zero-order chi connectivity index (χ0) is 13.7. The van der Waals surface area contributed by atoms with E-state index in [1.165, 1.54) is 18.7 Å². The molecule has 0 aromatic heterocycles. The molecule has 0 N–H and O–H groups in total. The van der Waals surface area contributed by atoms with Crippen LogP contribution in [0, 0.1) is 0 Å². The van der Waals surface area contributed by atoms with E-state index < -0.39 is 11.3 Å². The molecule has 98 valence electrons. The van der Waals surface area contributed by atoms with E-state index in [-0.39, 0.29) is 5.78 Å². The minimum atomic E-state index is -0.734. The van der Waals surface area contributed by atoms with Crippen LogP contribution in [-0.4, -0.2) is 24.6 Å². The highest BCUT2D eigenvalue weighted by atomic mass is 35.5. The van der Waals surface area contributed by atoms with E-state index in [1.807, 2.05) is 6.26 Å². The average molecular weight is 287 g/mol. The van der Waals surface area contributed by atoms with Crippen LogP contribution >= 0.6 is 23.4 Å². The van der Waals surface area contributed by atoms with E-state index in [0.29, 0.717) is 22.6 Å². The Labute approximate surface area is 116 Å². The summed E-state index contributed by atoms with van der Waals surface area (Å²) in [5, 5.41) is -0.734. The molecule has 0 aliphatic carbocycles. The highest BCUT2D eigenvalue weighted by Crippen LogP contribution is 2.33. The third-order valence-corrected chi connectivity index (χ3v) is 3.78. The summed E-state index contributed by atoms with van der Waals surface area (Å²) >= 11 is 7.45. The van der Waals surface area contributed by atoms with Crippen molar-refractivity contribution in [2.75, 3.05) is 12.9 Å². The number of alkyl halides is 1. The van der Waals surface area contributed by atoms with Gasteiger partial charge in [-0.2, -0.15) is 0 Å². The van der Waals surface area contributed by atoms with Crippen LogP contribution in [0.15, 0.2) is 23.1 Å². The highest BCUT2D eigenvalue weighted by Gasteiger charge is 2.21. The Balaban J connectivity index is 3.26. The van der Waals surface area contributed by atoms with Gasteiger partial charge in [-0.1, -0.05) is 12.1 Å². The predicted molar refractivity (Wildman–Crippen MR) is 73.5 cm³/mol. The summed E-state index contributed by atoms with van der Waals surface area (Å²) in [4.78, 5) is 23.9. The number of Topliss-reactive ketones (excluding diaryl/α,β-unsaturated/α-hetero) is 1. The van der Waals surface area contributed by atoms with Crippen LogP contribution in [0.5, 0.6) is 0 Å². The van der Waals surface area contributed by atoms with E-state index in [0.717, 1.165) is 0 Å². The van der Waals surface area contributed by atoms with E-state index in [1.54, 1.807) is 25.1 Å². The molecule has 0 saturated carbocycles. The molecule has 0 saturated heterocycles. The summed E-state index contributed by atoms with van der Waals surface area (Å²) in [6, 6.07) is 5.14. The molecule has 1 aromatic carbocycles. The monoisotopic (exact) mass is 286 g/mol. The predicted octanol–water partition coefficient (Wildman–Crippen LogP) is 3.45. The van der Waals surface area contributed by atoms with Crippen molar-refractivity contribution in [3.8, 4) is 0 Å². The molecule has 0 bridgehead atoms. The molecule has 0 radical (unpaired) electrons. The number of carbonyl (C=O) groups excluding carboxylic acids is 2. The first-order valence-electron chi connectivity index (χ1n) is 5.51. The second kappa shape index (κ2) is 6.81. The average Bonchev–Trinajstić information content (AvgIpc) is 2.36. The number of ketones is 1. The van der Waals surface area contributed by atoms with Crippen LogP contribution in [0.1, 0.15) is 35.1 Å². The molecule has 1 atom stereocenters. The second-order valence-corrected chi connectivity index (χ2v) is 4.87. The van der Waals surface area contributed by atoms with Crippen LogP contribution in [-0.2, 0) is 9.53 Å². The lowest BCUT2D eigenvalue weighted by Crippen LogP contribution is -2.10. The molecular formula is C13H15ClO3S. The van der Waals surface area contributed by atoms with E-state index in [9.17, 15) is 9.59 Å². The minimum absolute atomic E-state index is 0.145. The van der Waals surface area contributed by atoms with E-state index in [2.05, 4.69) is 0 Å². The van der Waals surface area contributed by atoms with Gasteiger partial charge in [-0.15, -0.1) is 23.4 Å². The zero-order valence-corrected chi connectivity index (χ0v) is 12.1. The van der Waals surface area contributed by atoms with Crippen molar-refractivity contribution >= 4 is 35.1 Å². The third kappa shape index (κ3) is 3.27. The molecule has 0 spiro atoms. The molecule has 1 rings (SSSR count). The number of ether oxygens (including phenoxy) is 1. The quantitative estimate of drug-likeness (QED) is 0.472. The number of benzene rings is 1. The molecule has 0 fully saturated rings. The number of thioether (sulfide) groups is 1. The zero-order valence-electron chi connectivity index (χ0n) is 10.5. The SMILES string of the molecule is CCOC(=O)c1cccc(C(Cl)C(C)=O)c1SC. The molecular weight excluding hydrogens is 272 g/mol.